The molecule has 0 fully saturated rings. The average molecular weight is 282 g/mol. The summed E-state index contributed by atoms with van der Waals surface area (Å²) >= 11 is 3.25. The molecule has 0 spiro atoms. The molecule has 0 aromatic carbocycles. The van der Waals surface area contributed by atoms with Crippen LogP contribution in [0.2, 0.25) is 0 Å². The number of furan rings is 1. The van der Waals surface area contributed by atoms with E-state index in [0.29, 0.717) is 16.3 Å². The minimum atomic E-state index is 0.590. The van der Waals surface area contributed by atoms with Crippen LogP contribution in [0.3, 0.4) is 0 Å². The number of hydrogen-bond acceptors (Lipinski definition) is 4. The van der Waals surface area contributed by atoms with Crippen molar-refractivity contribution in [2.75, 3.05) is 11.9 Å². The van der Waals surface area contributed by atoms with Crippen LogP contribution in [0.4, 0.5) is 5.82 Å². The fourth-order valence-corrected chi connectivity index (χ4v) is 1.57. The van der Waals surface area contributed by atoms with Crippen molar-refractivity contribution in [2.24, 2.45) is 0 Å². The van der Waals surface area contributed by atoms with E-state index in [1.54, 1.807) is 6.20 Å². The first-order valence-corrected chi connectivity index (χ1v) is 5.91. The molecule has 1 N–H and O–H groups in total. The second kappa shape index (κ2) is 5.12. The van der Waals surface area contributed by atoms with E-state index >= 15 is 0 Å². The molecule has 0 aliphatic rings. The fourth-order valence-electron chi connectivity index (χ4n) is 1.26. The lowest BCUT2D eigenvalue weighted by atomic mass is 10.4. The molecule has 16 heavy (non-hydrogen) atoms. The van der Waals surface area contributed by atoms with Crippen LogP contribution in [0.25, 0.3) is 11.6 Å². The van der Waals surface area contributed by atoms with Gasteiger partial charge in [0.15, 0.2) is 16.3 Å². The first-order chi connectivity index (χ1) is 7.79. The van der Waals surface area contributed by atoms with Gasteiger partial charge < -0.3 is 9.73 Å². The highest BCUT2D eigenvalue weighted by molar-refractivity contribution is 9.10. The van der Waals surface area contributed by atoms with Crippen LogP contribution < -0.4 is 5.32 Å². The summed E-state index contributed by atoms with van der Waals surface area (Å²) in [4.78, 5) is 8.52. The normalized spacial score (nSPS) is 10.4. The molecule has 0 radical (unpaired) electrons. The maximum Gasteiger partial charge on any atom is 0.197 e. The van der Waals surface area contributed by atoms with E-state index in [0.717, 1.165) is 18.8 Å². The first-order valence-electron chi connectivity index (χ1n) is 5.12. The molecular formula is C11H12BrN3O. The highest BCUT2D eigenvalue weighted by Crippen LogP contribution is 2.22. The van der Waals surface area contributed by atoms with Crippen LogP contribution in [-0.4, -0.2) is 16.5 Å². The molecule has 0 atom stereocenters. The Kier molecular flexibility index (Phi) is 3.56. The summed E-state index contributed by atoms with van der Waals surface area (Å²) < 4.78 is 6.07. The number of anilines is 1. The zero-order valence-electron chi connectivity index (χ0n) is 8.90. The Balaban J connectivity index is 2.22. The van der Waals surface area contributed by atoms with Gasteiger partial charge in [-0.1, -0.05) is 6.92 Å². The summed E-state index contributed by atoms with van der Waals surface area (Å²) in [7, 11) is 0. The van der Waals surface area contributed by atoms with Gasteiger partial charge in [-0.25, -0.2) is 9.97 Å². The van der Waals surface area contributed by atoms with E-state index in [1.807, 2.05) is 18.2 Å². The van der Waals surface area contributed by atoms with Crippen molar-refractivity contribution in [3.63, 3.8) is 0 Å². The van der Waals surface area contributed by atoms with Crippen LogP contribution in [0.5, 0.6) is 0 Å². The number of hydrogen-bond donors (Lipinski definition) is 1. The molecule has 4 nitrogen and oxygen atoms in total. The topological polar surface area (TPSA) is 51.0 Å². The number of nitrogens with one attached hydrogen (secondary N) is 1. The lowest BCUT2D eigenvalue weighted by Crippen LogP contribution is -2.02. The summed E-state index contributed by atoms with van der Waals surface area (Å²) in [6, 6.07) is 5.50. The number of nitrogens with zero attached hydrogens (tertiary/aromatic N) is 2. The van der Waals surface area contributed by atoms with Crippen molar-refractivity contribution in [2.45, 2.75) is 13.3 Å². The van der Waals surface area contributed by atoms with Gasteiger partial charge in [-0.05, 0) is 40.5 Å². The van der Waals surface area contributed by atoms with Crippen molar-refractivity contribution >= 4 is 21.7 Å². The first kappa shape index (κ1) is 11.1. The van der Waals surface area contributed by atoms with Crippen LogP contribution in [-0.2, 0) is 0 Å². The molecule has 2 aromatic heterocycles. The van der Waals surface area contributed by atoms with Gasteiger partial charge in [0.05, 0.1) is 0 Å². The second-order valence-corrected chi connectivity index (χ2v) is 4.08. The zero-order valence-corrected chi connectivity index (χ0v) is 10.5. The maximum atomic E-state index is 5.39. The molecule has 0 saturated carbocycles. The monoisotopic (exact) mass is 281 g/mol. The Morgan fingerprint density at radius 2 is 2.25 bits per heavy atom. The summed E-state index contributed by atoms with van der Waals surface area (Å²) in [6.45, 7) is 3.01. The predicted octanol–water partition coefficient (Wildman–Crippen LogP) is 3.32. The lowest BCUT2D eigenvalue weighted by Gasteiger charge is -2.03. The largest absolute Gasteiger partial charge is 0.446 e. The molecule has 0 amide bonds. The third kappa shape index (κ3) is 2.61. The van der Waals surface area contributed by atoms with Crippen LogP contribution in [0.15, 0.2) is 33.5 Å². The van der Waals surface area contributed by atoms with Crippen molar-refractivity contribution < 1.29 is 4.42 Å². The van der Waals surface area contributed by atoms with Gasteiger partial charge >= 0.3 is 0 Å². The van der Waals surface area contributed by atoms with Gasteiger partial charge in [0.1, 0.15) is 5.82 Å². The highest BCUT2D eigenvalue weighted by Gasteiger charge is 2.06. The molecule has 2 rings (SSSR count). The molecule has 5 heteroatoms. The smallest absolute Gasteiger partial charge is 0.197 e. The van der Waals surface area contributed by atoms with Gasteiger partial charge in [0.2, 0.25) is 0 Å². The van der Waals surface area contributed by atoms with Crippen LogP contribution in [0, 0.1) is 0 Å². The Bertz CT molecular complexity index is 470. The number of halogens is 1. The standard InChI is InChI=1S/C11H12BrN3O/c1-2-6-13-10-5-7-14-11(15-10)8-3-4-9(12)16-8/h3-5,7H,2,6H2,1H3,(H,13,14,15). The second-order valence-electron chi connectivity index (χ2n) is 3.30. The van der Waals surface area contributed by atoms with E-state index in [1.165, 1.54) is 0 Å². The molecule has 0 saturated heterocycles. The van der Waals surface area contributed by atoms with Gasteiger partial charge in [-0.2, -0.15) is 0 Å². The van der Waals surface area contributed by atoms with E-state index < -0.39 is 0 Å². The van der Waals surface area contributed by atoms with Crippen molar-refractivity contribution in [3.8, 4) is 11.6 Å². The van der Waals surface area contributed by atoms with Gasteiger partial charge in [-0.3, -0.25) is 0 Å². The Morgan fingerprint density at radius 1 is 1.38 bits per heavy atom. The molecule has 2 aromatic rings. The Hall–Kier alpha value is -1.36. The molecule has 0 aliphatic carbocycles. The predicted molar refractivity (Wildman–Crippen MR) is 66.2 cm³/mol. The molecule has 84 valence electrons. The van der Waals surface area contributed by atoms with Crippen LogP contribution in [0.1, 0.15) is 13.3 Å². The van der Waals surface area contributed by atoms with E-state index in [-0.39, 0.29) is 0 Å². The Labute approximate surface area is 102 Å². The minimum absolute atomic E-state index is 0.590. The molecule has 0 bridgehead atoms. The summed E-state index contributed by atoms with van der Waals surface area (Å²) in [5.74, 6) is 2.07. The molecular weight excluding hydrogens is 270 g/mol. The third-order valence-corrected chi connectivity index (χ3v) is 2.43. The van der Waals surface area contributed by atoms with E-state index in [2.05, 4.69) is 38.1 Å². The highest BCUT2D eigenvalue weighted by atomic mass is 79.9. The van der Waals surface area contributed by atoms with Crippen molar-refractivity contribution in [1.29, 1.82) is 0 Å². The van der Waals surface area contributed by atoms with Crippen LogP contribution >= 0.6 is 15.9 Å². The minimum Gasteiger partial charge on any atom is -0.446 e. The molecule has 2 heterocycles. The molecule has 0 aliphatic heterocycles. The molecule has 0 unspecified atom stereocenters. The average Bonchev–Trinajstić information content (AvgIpc) is 2.74. The fraction of sp³-hybridized carbons (Fsp3) is 0.273. The third-order valence-electron chi connectivity index (χ3n) is 2.01. The van der Waals surface area contributed by atoms with Gasteiger partial charge in [-0.15, -0.1) is 0 Å². The quantitative estimate of drug-likeness (QED) is 0.934. The van der Waals surface area contributed by atoms with Crippen molar-refractivity contribution in [1.82, 2.24) is 9.97 Å². The number of rotatable bonds is 4. The van der Waals surface area contributed by atoms with E-state index in [4.69, 9.17) is 4.42 Å². The summed E-state index contributed by atoms with van der Waals surface area (Å²) in [5.41, 5.74) is 0. The zero-order chi connectivity index (χ0) is 11.4. The summed E-state index contributed by atoms with van der Waals surface area (Å²) in [6.07, 6.45) is 2.78. The van der Waals surface area contributed by atoms with Gasteiger partial charge in [0.25, 0.3) is 0 Å². The van der Waals surface area contributed by atoms with E-state index in [9.17, 15) is 0 Å². The number of aromatic nitrogens is 2. The SMILES string of the molecule is CCCNc1ccnc(-c2ccc(Br)o2)n1. The van der Waals surface area contributed by atoms with Crippen molar-refractivity contribution in [3.05, 3.63) is 29.1 Å². The lowest BCUT2D eigenvalue weighted by molar-refractivity contribution is 0.551. The maximum absolute atomic E-state index is 5.39. The Morgan fingerprint density at radius 3 is 2.94 bits per heavy atom. The summed E-state index contributed by atoms with van der Waals surface area (Å²) in [5, 5.41) is 3.21. The van der Waals surface area contributed by atoms with Gasteiger partial charge in [0, 0.05) is 12.7 Å².